The lowest BCUT2D eigenvalue weighted by atomic mass is 9.98. The van der Waals surface area contributed by atoms with Crippen LogP contribution in [0.25, 0.3) is 0 Å². The maximum atomic E-state index is 13.2. The van der Waals surface area contributed by atoms with E-state index in [0.29, 0.717) is 50.0 Å². The first kappa shape index (κ1) is 21.1. The molecule has 0 bridgehead atoms. The minimum Gasteiger partial charge on any atom is -0.341 e. The van der Waals surface area contributed by atoms with E-state index in [1.807, 2.05) is 37.3 Å². The molecule has 2 aliphatic rings. The van der Waals surface area contributed by atoms with Crippen molar-refractivity contribution in [2.24, 2.45) is 0 Å². The summed E-state index contributed by atoms with van der Waals surface area (Å²) in [4.78, 5) is 44.8. The first-order chi connectivity index (χ1) is 14.3. The number of halogens is 1. The van der Waals surface area contributed by atoms with Gasteiger partial charge in [-0.05, 0) is 60.0 Å². The van der Waals surface area contributed by atoms with E-state index in [1.165, 1.54) is 0 Å². The molecule has 1 unspecified atom stereocenters. The Morgan fingerprint density at radius 1 is 1.23 bits per heavy atom. The number of hydrogen-bond acceptors (Lipinski definition) is 4. The zero-order valence-electron chi connectivity index (χ0n) is 17.1. The van der Waals surface area contributed by atoms with Crippen LogP contribution in [0.5, 0.6) is 0 Å². The predicted octanol–water partition coefficient (Wildman–Crippen LogP) is 4.25. The highest BCUT2D eigenvalue weighted by Gasteiger charge is 2.52. The van der Waals surface area contributed by atoms with E-state index < -0.39 is 5.66 Å². The Labute approximate surface area is 188 Å². The van der Waals surface area contributed by atoms with Crippen molar-refractivity contribution in [1.82, 2.24) is 9.80 Å². The quantitative estimate of drug-likeness (QED) is 0.609. The van der Waals surface area contributed by atoms with E-state index in [2.05, 4.69) is 15.9 Å². The first-order valence-corrected chi connectivity index (χ1v) is 11.6. The molecule has 6 nitrogen and oxygen atoms in total. The summed E-state index contributed by atoms with van der Waals surface area (Å²) in [6.45, 7) is 2.97. The molecule has 30 heavy (non-hydrogen) atoms. The molecular formula is C22H24BrN3O3S. The van der Waals surface area contributed by atoms with Gasteiger partial charge in [-0.15, -0.1) is 11.3 Å². The molecule has 0 spiro atoms. The monoisotopic (exact) mass is 489 g/mol. The number of benzene rings is 1. The van der Waals surface area contributed by atoms with E-state index >= 15 is 0 Å². The summed E-state index contributed by atoms with van der Waals surface area (Å²) in [6, 6.07) is 11.3. The smallest absolute Gasteiger partial charge is 0.257 e. The van der Waals surface area contributed by atoms with Crippen LogP contribution in [0.1, 0.15) is 47.8 Å². The molecule has 2 aliphatic heterocycles. The van der Waals surface area contributed by atoms with Gasteiger partial charge in [0, 0.05) is 31.3 Å². The molecule has 1 aromatic heterocycles. The van der Waals surface area contributed by atoms with Crippen LogP contribution in [0.15, 0.2) is 40.2 Å². The molecule has 3 heterocycles. The zero-order valence-corrected chi connectivity index (χ0v) is 19.5. The minimum atomic E-state index is -0.666. The summed E-state index contributed by atoms with van der Waals surface area (Å²) >= 11 is 5.06. The summed E-state index contributed by atoms with van der Waals surface area (Å²) in [6.07, 6.45) is 1.95. The van der Waals surface area contributed by atoms with Crippen molar-refractivity contribution in [2.75, 3.05) is 18.5 Å². The average Bonchev–Trinajstić information content (AvgIpc) is 3.27. The highest BCUT2D eigenvalue weighted by molar-refractivity contribution is 9.11. The summed E-state index contributed by atoms with van der Waals surface area (Å²) in [7, 11) is 1.80. The molecule has 0 radical (unpaired) electrons. The molecule has 0 N–H and O–H groups in total. The van der Waals surface area contributed by atoms with Crippen molar-refractivity contribution in [3.63, 3.8) is 0 Å². The van der Waals surface area contributed by atoms with Crippen LogP contribution in [0.3, 0.4) is 0 Å². The van der Waals surface area contributed by atoms with E-state index in [4.69, 9.17) is 0 Å². The number of carbonyl (C=O) groups excluding carboxylic acids is 3. The largest absolute Gasteiger partial charge is 0.341 e. The third-order valence-corrected chi connectivity index (χ3v) is 7.57. The molecule has 158 valence electrons. The second-order valence-corrected chi connectivity index (χ2v) is 10.5. The third kappa shape index (κ3) is 3.67. The van der Waals surface area contributed by atoms with Crippen molar-refractivity contribution in [1.29, 1.82) is 0 Å². The number of nitrogens with zero attached hydrogens (tertiary/aromatic N) is 3. The summed E-state index contributed by atoms with van der Waals surface area (Å²) in [5, 5.41) is 0. The number of anilines is 1. The topological polar surface area (TPSA) is 60.9 Å². The van der Waals surface area contributed by atoms with Gasteiger partial charge in [0.2, 0.25) is 11.8 Å². The molecular weight excluding hydrogens is 466 g/mol. The number of hydrogen-bond donors (Lipinski definition) is 0. The van der Waals surface area contributed by atoms with Crippen molar-refractivity contribution in [3.8, 4) is 0 Å². The van der Waals surface area contributed by atoms with Crippen LogP contribution < -0.4 is 4.90 Å². The molecule has 3 amide bonds. The molecule has 8 heteroatoms. The molecule has 4 rings (SSSR count). The van der Waals surface area contributed by atoms with Crippen LogP contribution in [0.4, 0.5) is 5.69 Å². The maximum Gasteiger partial charge on any atom is 0.257 e. The van der Waals surface area contributed by atoms with Crippen LogP contribution >= 0.6 is 27.3 Å². The molecule has 2 aromatic rings. The minimum absolute atomic E-state index is 0.0420. The lowest BCUT2D eigenvalue weighted by Crippen LogP contribution is -2.62. The highest BCUT2D eigenvalue weighted by Crippen LogP contribution is 2.44. The van der Waals surface area contributed by atoms with Gasteiger partial charge in [0.05, 0.1) is 21.6 Å². The molecule has 1 fully saturated rings. The SMILES string of the molecule is CN(Cc1ccc(Br)s1)C(=O)CCCN1C(=O)c2ccccc2N2C(=O)CCC12C. The van der Waals surface area contributed by atoms with Gasteiger partial charge in [0.1, 0.15) is 5.66 Å². The van der Waals surface area contributed by atoms with Crippen LogP contribution in [0, 0.1) is 0 Å². The molecule has 1 aromatic carbocycles. The Balaban J connectivity index is 1.43. The number of fused-ring (bicyclic) bond motifs is 3. The fourth-order valence-corrected chi connectivity index (χ4v) is 5.92. The number of para-hydroxylation sites is 1. The standard InChI is InChI=1S/C22H24BrN3O3S/c1-22-12-11-20(28)26(22)17-7-4-3-6-16(17)21(29)25(22)13-5-8-19(27)24(2)14-15-9-10-18(23)30-15/h3-4,6-7,9-10H,5,8,11-14H2,1-2H3. The zero-order chi connectivity index (χ0) is 21.5. The number of amides is 3. The van der Waals surface area contributed by atoms with Crippen LogP contribution in [0.2, 0.25) is 0 Å². The molecule has 0 aliphatic carbocycles. The van der Waals surface area contributed by atoms with Gasteiger partial charge in [-0.2, -0.15) is 0 Å². The highest BCUT2D eigenvalue weighted by atomic mass is 79.9. The number of carbonyl (C=O) groups is 3. The molecule has 1 atom stereocenters. The van der Waals surface area contributed by atoms with Crippen molar-refractivity contribution >= 4 is 50.7 Å². The fourth-order valence-electron chi connectivity index (χ4n) is 4.38. The van der Waals surface area contributed by atoms with Crippen molar-refractivity contribution < 1.29 is 14.4 Å². The fraction of sp³-hybridized carbons (Fsp3) is 0.409. The Morgan fingerprint density at radius 3 is 2.73 bits per heavy atom. The summed E-state index contributed by atoms with van der Waals surface area (Å²) in [5.41, 5.74) is 0.583. The van der Waals surface area contributed by atoms with E-state index in [1.54, 1.807) is 39.2 Å². The normalized spacial score (nSPS) is 20.4. The van der Waals surface area contributed by atoms with Gasteiger partial charge in [0.15, 0.2) is 0 Å². The van der Waals surface area contributed by atoms with Gasteiger partial charge in [0.25, 0.3) is 5.91 Å². The van der Waals surface area contributed by atoms with E-state index in [-0.39, 0.29) is 17.7 Å². The van der Waals surface area contributed by atoms with E-state index in [0.717, 1.165) is 8.66 Å². The van der Waals surface area contributed by atoms with Gasteiger partial charge < -0.3 is 9.80 Å². The molecule has 1 saturated heterocycles. The van der Waals surface area contributed by atoms with Gasteiger partial charge in [-0.25, -0.2) is 0 Å². The van der Waals surface area contributed by atoms with Gasteiger partial charge in [-0.1, -0.05) is 12.1 Å². The lowest BCUT2D eigenvalue weighted by Gasteiger charge is -2.48. The van der Waals surface area contributed by atoms with Crippen molar-refractivity contribution in [2.45, 2.75) is 44.8 Å². The lowest BCUT2D eigenvalue weighted by molar-refractivity contribution is -0.130. The molecule has 0 saturated carbocycles. The average molecular weight is 490 g/mol. The van der Waals surface area contributed by atoms with Crippen molar-refractivity contribution in [3.05, 3.63) is 50.6 Å². The Hall–Kier alpha value is -2.19. The Morgan fingerprint density at radius 2 is 2.00 bits per heavy atom. The first-order valence-electron chi connectivity index (χ1n) is 10.0. The van der Waals surface area contributed by atoms with Gasteiger partial charge in [-0.3, -0.25) is 19.3 Å². The Bertz CT molecular complexity index is 1010. The van der Waals surface area contributed by atoms with E-state index in [9.17, 15) is 14.4 Å². The second-order valence-electron chi connectivity index (χ2n) is 7.98. The Kier molecular flexibility index (Phi) is 5.72. The second kappa shape index (κ2) is 8.15. The number of rotatable bonds is 6. The summed E-state index contributed by atoms with van der Waals surface area (Å²) in [5.74, 6) is 0.0255. The summed E-state index contributed by atoms with van der Waals surface area (Å²) < 4.78 is 1.05. The third-order valence-electron chi connectivity index (χ3n) is 5.97. The van der Waals surface area contributed by atoms with Gasteiger partial charge >= 0.3 is 0 Å². The van der Waals surface area contributed by atoms with Crippen LogP contribution in [-0.4, -0.2) is 46.8 Å². The van der Waals surface area contributed by atoms with Crippen LogP contribution in [-0.2, 0) is 16.1 Å². The number of thiophene rings is 1. The predicted molar refractivity (Wildman–Crippen MR) is 120 cm³/mol. The maximum absolute atomic E-state index is 13.2.